The second-order valence-electron chi connectivity index (χ2n) is 11.1. The third-order valence-corrected chi connectivity index (χ3v) is 7.39. The molecule has 0 bridgehead atoms. The molecule has 0 N–H and O–H groups in total. The molecule has 4 nitrogen and oxygen atoms in total. The standard InChI is InChI=1S/C29H33F2N3O/c1-18-26(19(2)35-33-18)22-14-25-27(32-15-22)24(21-6-8-23(9-7-21)28(3,4)5)17-34(25)16-20-10-12-29(30,31)13-11-20/h6-9,14-15,17,20H,10-13,16H2,1-5H3. The SMILES string of the molecule is Cc1noc(C)c1-c1cnc2c(-c3ccc(C(C)(C)C)cc3)cn(CC3CCC(F)(F)CC3)c2c1. The van der Waals surface area contributed by atoms with Crippen LogP contribution in [0, 0.1) is 19.8 Å². The van der Waals surface area contributed by atoms with Gasteiger partial charge in [0.2, 0.25) is 5.92 Å². The van der Waals surface area contributed by atoms with E-state index < -0.39 is 5.92 Å². The lowest BCUT2D eigenvalue weighted by molar-refractivity contribution is -0.0472. The third kappa shape index (κ3) is 4.63. The van der Waals surface area contributed by atoms with E-state index in [2.05, 4.69) is 67.0 Å². The maximum Gasteiger partial charge on any atom is 0.248 e. The van der Waals surface area contributed by atoms with Gasteiger partial charge in [0.25, 0.3) is 0 Å². The zero-order valence-corrected chi connectivity index (χ0v) is 21.2. The van der Waals surface area contributed by atoms with Crippen LogP contribution in [0.15, 0.2) is 47.2 Å². The molecule has 0 spiro atoms. The van der Waals surface area contributed by atoms with Crippen molar-refractivity contribution in [3.05, 3.63) is 59.7 Å². The van der Waals surface area contributed by atoms with Crippen molar-refractivity contribution in [2.24, 2.45) is 5.92 Å². The minimum absolute atomic E-state index is 0.0272. The number of pyridine rings is 1. The Morgan fingerprint density at radius 3 is 2.34 bits per heavy atom. The summed E-state index contributed by atoms with van der Waals surface area (Å²) in [6.45, 7) is 11.2. The molecule has 1 saturated carbocycles. The quantitative estimate of drug-likeness (QED) is 0.298. The summed E-state index contributed by atoms with van der Waals surface area (Å²) in [5.74, 6) is -1.54. The molecule has 0 unspecified atom stereocenters. The Bertz CT molecular complexity index is 1330. The number of aromatic nitrogens is 3. The van der Waals surface area contributed by atoms with Crippen molar-refractivity contribution in [1.29, 1.82) is 0 Å². The molecule has 3 heterocycles. The molecule has 35 heavy (non-hydrogen) atoms. The van der Waals surface area contributed by atoms with Crippen LogP contribution in [0.1, 0.15) is 63.5 Å². The van der Waals surface area contributed by atoms with Crippen LogP contribution in [-0.4, -0.2) is 20.6 Å². The topological polar surface area (TPSA) is 43.9 Å². The van der Waals surface area contributed by atoms with E-state index in [4.69, 9.17) is 9.51 Å². The van der Waals surface area contributed by atoms with E-state index in [1.54, 1.807) is 0 Å². The van der Waals surface area contributed by atoms with Crippen molar-refractivity contribution in [2.75, 3.05) is 0 Å². The number of nitrogens with zero attached hydrogens (tertiary/aromatic N) is 3. The summed E-state index contributed by atoms with van der Waals surface area (Å²) in [5, 5.41) is 4.10. The molecular weight excluding hydrogens is 444 g/mol. The minimum Gasteiger partial charge on any atom is -0.361 e. The lowest BCUT2D eigenvalue weighted by Crippen LogP contribution is -2.26. The zero-order valence-electron chi connectivity index (χ0n) is 21.2. The molecular formula is C29H33F2N3O. The van der Waals surface area contributed by atoms with Crippen LogP contribution in [0.2, 0.25) is 0 Å². The average Bonchev–Trinajstić information content (AvgIpc) is 3.33. The molecule has 0 radical (unpaired) electrons. The molecule has 4 aromatic rings. The van der Waals surface area contributed by atoms with Crippen molar-refractivity contribution < 1.29 is 13.3 Å². The van der Waals surface area contributed by atoms with Gasteiger partial charge in [-0.3, -0.25) is 4.98 Å². The highest BCUT2D eigenvalue weighted by atomic mass is 19.3. The number of fused-ring (bicyclic) bond motifs is 1. The summed E-state index contributed by atoms with van der Waals surface area (Å²) >= 11 is 0. The van der Waals surface area contributed by atoms with E-state index in [-0.39, 0.29) is 24.2 Å². The Hall–Kier alpha value is -3.02. The van der Waals surface area contributed by atoms with Gasteiger partial charge >= 0.3 is 0 Å². The van der Waals surface area contributed by atoms with Gasteiger partial charge in [0.05, 0.1) is 16.7 Å². The van der Waals surface area contributed by atoms with Crippen LogP contribution in [0.5, 0.6) is 0 Å². The van der Waals surface area contributed by atoms with Crippen LogP contribution in [0.25, 0.3) is 33.3 Å². The van der Waals surface area contributed by atoms with Crippen LogP contribution in [0.4, 0.5) is 8.78 Å². The number of aryl methyl sites for hydroxylation is 2. The molecule has 1 aliphatic carbocycles. The summed E-state index contributed by atoms with van der Waals surface area (Å²) in [7, 11) is 0. The summed E-state index contributed by atoms with van der Waals surface area (Å²) in [4.78, 5) is 4.89. The van der Waals surface area contributed by atoms with E-state index in [9.17, 15) is 8.78 Å². The molecule has 6 heteroatoms. The minimum atomic E-state index is -2.52. The number of hydrogen-bond acceptors (Lipinski definition) is 3. The summed E-state index contributed by atoms with van der Waals surface area (Å²) < 4.78 is 35.1. The van der Waals surface area contributed by atoms with Crippen LogP contribution in [-0.2, 0) is 12.0 Å². The predicted octanol–water partition coefficient (Wildman–Crippen LogP) is 8.10. The molecule has 3 aromatic heterocycles. The Kier molecular flexibility index (Phi) is 5.81. The van der Waals surface area contributed by atoms with Gasteiger partial charge in [-0.25, -0.2) is 8.78 Å². The first kappa shape index (κ1) is 23.7. The maximum atomic E-state index is 13.8. The first-order valence-corrected chi connectivity index (χ1v) is 12.4. The maximum absolute atomic E-state index is 13.8. The van der Waals surface area contributed by atoms with Gasteiger partial charge in [0, 0.05) is 48.5 Å². The normalized spacial score (nSPS) is 16.8. The monoisotopic (exact) mass is 477 g/mol. The first-order valence-electron chi connectivity index (χ1n) is 12.4. The van der Waals surface area contributed by atoms with Crippen molar-refractivity contribution in [3.8, 4) is 22.3 Å². The fourth-order valence-electron chi connectivity index (χ4n) is 5.27. The van der Waals surface area contributed by atoms with E-state index in [0.717, 1.165) is 44.7 Å². The lowest BCUT2D eigenvalue weighted by atomic mass is 9.86. The molecule has 1 fully saturated rings. The molecule has 0 saturated heterocycles. The van der Waals surface area contributed by atoms with Gasteiger partial charge in [-0.1, -0.05) is 50.2 Å². The van der Waals surface area contributed by atoms with E-state index in [1.165, 1.54) is 5.56 Å². The Morgan fingerprint density at radius 1 is 1.06 bits per heavy atom. The van der Waals surface area contributed by atoms with Gasteiger partial charge in [0.15, 0.2) is 0 Å². The van der Waals surface area contributed by atoms with Crippen LogP contribution < -0.4 is 0 Å². The number of alkyl halides is 2. The van der Waals surface area contributed by atoms with Gasteiger partial charge in [-0.05, 0) is 55.2 Å². The fraction of sp³-hybridized carbons (Fsp3) is 0.448. The second kappa shape index (κ2) is 8.58. The summed E-state index contributed by atoms with van der Waals surface area (Å²) in [6.07, 6.45) is 5.06. The first-order chi connectivity index (χ1) is 16.5. The third-order valence-electron chi connectivity index (χ3n) is 7.39. The van der Waals surface area contributed by atoms with E-state index in [0.29, 0.717) is 19.4 Å². The molecule has 0 aliphatic heterocycles. The number of hydrogen-bond donors (Lipinski definition) is 0. The lowest BCUT2D eigenvalue weighted by Gasteiger charge is -2.28. The van der Waals surface area contributed by atoms with Gasteiger partial charge < -0.3 is 9.09 Å². The second-order valence-corrected chi connectivity index (χ2v) is 11.1. The molecule has 5 rings (SSSR count). The van der Waals surface area contributed by atoms with E-state index in [1.807, 2.05) is 20.0 Å². The van der Waals surface area contributed by atoms with E-state index >= 15 is 0 Å². The van der Waals surface area contributed by atoms with Crippen LogP contribution >= 0.6 is 0 Å². The number of halogens is 2. The largest absolute Gasteiger partial charge is 0.361 e. The highest BCUT2D eigenvalue weighted by Gasteiger charge is 2.35. The molecule has 184 valence electrons. The van der Waals surface area contributed by atoms with Crippen molar-refractivity contribution in [1.82, 2.24) is 14.7 Å². The van der Waals surface area contributed by atoms with Crippen molar-refractivity contribution in [3.63, 3.8) is 0 Å². The average molecular weight is 478 g/mol. The smallest absolute Gasteiger partial charge is 0.248 e. The Balaban J connectivity index is 1.58. The predicted molar refractivity (Wildman–Crippen MR) is 136 cm³/mol. The summed E-state index contributed by atoms with van der Waals surface area (Å²) in [5.41, 5.74) is 8.20. The van der Waals surface area contributed by atoms with Crippen molar-refractivity contribution >= 4 is 11.0 Å². The molecule has 0 amide bonds. The van der Waals surface area contributed by atoms with Gasteiger partial charge in [-0.2, -0.15) is 0 Å². The molecule has 1 aliphatic rings. The molecule has 1 aromatic carbocycles. The number of rotatable bonds is 4. The molecule has 0 atom stereocenters. The van der Waals surface area contributed by atoms with Crippen molar-refractivity contribution in [2.45, 2.75) is 78.2 Å². The highest BCUT2D eigenvalue weighted by Crippen LogP contribution is 2.39. The Morgan fingerprint density at radius 2 is 1.74 bits per heavy atom. The Labute approximate surface area is 205 Å². The summed E-state index contributed by atoms with van der Waals surface area (Å²) in [6, 6.07) is 10.8. The van der Waals surface area contributed by atoms with Gasteiger partial charge in [-0.15, -0.1) is 0 Å². The number of benzene rings is 1. The van der Waals surface area contributed by atoms with Gasteiger partial charge in [0.1, 0.15) is 5.76 Å². The zero-order chi connectivity index (χ0) is 25.0. The van der Waals surface area contributed by atoms with Crippen LogP contribution in [0.3, 0.4) is 0 Å². The highest BCUT2D eigenvalue weighted by molar-refractivity contribution is 5.95. The fourth-order valence-corrected chi connectivity index (χ4v) is 5.27.